The van der Waals surface area contributed by atoms with Gasteiger partial charge in [-0.25, -0.2) is 4.98 Å². The van der Waals surface area contributed by atoms with Crippen molar-refractivity contribution in [3.63, 3.8) is 0 Å². The van der Waals surface area contributed by atoms with Crippen molar-refractivity contribution in [2.24, 2.45) is 5.73 Å². The van der Waals surface area contributed by atoms with Gasteiger partial charge in [0.2, 0.25) is 5.95 Å². The molecule has 0 spiro atoms. The molecule has 0 bridgehead atoms. The fraction of sp³-hybridized carbons (Fsp3) is 0.235. The Morgan fingerprint density at radius 2 is 1.88 bits per heavy atom. The predicted molar refractivity (Wildman–Crippen MR) is 97.0 cm³/mol. The van der Waals surface area contributed by atoms with Crippen molar-refractivity contribution in [1.29, 1.82) is 0 Å². The normalized spacial score (nSPS) is 16.3. The molecular formula is C17H19N7O. The summed E-state index contributed by atoms with van der Waals surface area (Å²) in [7, 11) is 0. The summed E-state index contributed by atoms with van der Waals surface area (Å²) in [5.41, 5.74) is 13.2. The number of rotatable bonds is 5. The van der Waals surface area contributed by atoms with Crippen LogP contribution in [0.25, 0.3) is 0 Å². The molecule has 1 aliphatic heterocycles. The van der Waals surface area contributed by atoms with Gasteiger partial charge in [0.1, 0.15) is 12.5 Å². The van der Waals surface area contributed by atoms with Gasteiger partial charge >= 0.3 is 0 Å². The zero-order valence-electron chi connectivity index (χ0n) is 13.6. The first kappa shape index (κ1) is 15.3. The Bertz CT molecular complexity index is 829. The molecule has 2 aliphatic rings. The Hall–Kier alpha value is -3.29. The lowest BCUT2D eigenvalue weighted by atomic mass is 10.3. The monoisotopic (exact) mass is 337 g/mol. The second-order valence-corrected chi connectivity index (χ2v) is 6.19. The van der Waals surface area contributed by atoms with Gasteiger partial charge in [0, 0.05) is 36.0 Å². The number of nitrogens with two attached hydrogens (primary N) is 2. The van der Waals surface area contributed by atoms with Crippen molar-refractivity contribution in [1.82, 2.24) is 9.97 Å². The van der Waals surface area contributed by atoms with Crippen LogP contribution in [0.2, 0.25) is 0 Å². The molecule has 0 saturated heterocycles. The molecular weight excluding hydrogens is 318 g/mol. The zero-order valence-corrected chi connectivity index (χ0v) is 13.6. The lowest BCUT2D eigenvalue weighted by Crippen LogP contribution is -2.27. The molecule has 1 amide bonds. The number of nitrogen functional groups attached to an aromatic ring is 1. The van der Waals surface area contributed by atoms with Gasteiger partial charge in [0.25, 0.3) is 5.91 Å². The van der Waals surface area contributed by atoms with Crippen molar-refractivity contribution in [2.75, 3.05) is 27.5 Å². The minimum Gasteiger partial charge on any atom is -0.399 e. The molecule has 1 saturated carbocycles. The number of nitrogens with zero attached hydrogens (tertiary/aromatic N) is 4. The predicted octanol–water partition coefficient (Wildman–Crippen LogP) is 1.49. The van der Waals surface area contributed by atoms with Crippen LogP contribution in [0.5, 0.6) is 0 Å². The minimum absolute atomic E-state index is 0.314. The molecule has 0 atom stereocenters. The lowest BCUT2D eigenvalue weighted by molar-refractivity contribution is 0.100. The molecule has 0 radical (unpaired) electrons. The second-order valence-electron chi connectivity index (χ2n) is 6.19. The maximum atomic E-state index is 11.6. The third-order valence-electron chi connectivity index (χ3n) is 4.17. The van der Waals surface area contributed by atoms with Gasteiger partial charge in [-0.05, 0) is 37.1 Å². The van der Waals surface area contributed by atoms with Crippen LogP contribution in [0.4, 0.5) is 23.1 Å². The SMILES string of the molecule is NC(=O)c1cnc(N2C=CN(c3ccc(N)cc3)C2)nc1NC1CC1. The van der Waals surface area contributed by atoms with Crippen LogP contribution < -0.4 is 26.6 Å². The minimum atomic E-state index is -0.532. The molecule has 1 fully saturated rings. The first-order valence-electron chi connectivity index (χ1n) is 8.11. The molecule has 1 aromatic carbocycles. The summed E-state index contributed by atoms with van der Waals surface area (Å²) in [5.74, 6) is 0.483. The molecule has 1 aromatic heterocycles. The highest BCUT2D eigenvalue weighted by atomic mass is 16.1. The van der Waals surface area contributed by atoms with E-state index in [1.165, 1.54) is 6.20 Å². The third kappa shape index (κ3) is 3.18. The number of nitrogens with one attached hydrogen (secondary N) is 1. The van der Waals surface area contributed by atoms with Gasteiger partial charge in [-0.15, -0.1) is 0 Å². The number of hydrogen-bond acceptors (Lipinski definition) is 7. The van der Waals surface area contributed by atoms with Crippen molar-refractivity contribution >= 4 is 29.0 Å². The Balaban J connectivity index is 1.55. The largest absolute Gasteiger partial charge is 0.399 e. The van der Waals surface area contributed by atoms with Crippen LogP contribution in [0, 0.1) is 0 Å². The summed E-state index contributed by atoms with van der Waals surface area (Å²) in [6, 6.07) is 8.01. The fourth-order valence-electron chi connectivity index (χ4n) is 2.61. The van der Waals surface area contributed by atoms with Gasteiger partial charge in [-0.3, -0.25) is 9.69 Å². The van der Waals surface area contributed by atoms with Crippen molar-refractivity contribution in [3.8, 4) is 0 Å². The highest BCUT2D eigenvalue weighted by Gasteiger charge is 2.25. The molecule has 4 rings (SSSR count). The molecule has 128 valence electrons. The lowest BCUT2D eigenvalue weighted by Gasteiger charge is -2.21. The topological polar surface area (TPSA) is 113 Å². The van der Waals surface area contributed by atoms with E-state index in [0.29, 0.717) is 30.0 Å². The van der Waals surface area contributed by atoms with Gasteiger partial charge in [0.05, 0.1) is 5.56 Å². The molecule has 5 N–H and O–H groups in total. The number of carbonyl (C=O) groups is 1. The van der Waals surface area contributed by atoms with Gasteiger partial charge in [-0.1, -0.05) is 0 Å². The number of aromatic nitrogens is 2. The Morgan fingerprint density at radius 3 is 2.56 bits per heavy atom. The Labute approximate surface area is 145 Å². The molecule has 8 nitrogen and oxygen atoms in total. The number of primary amides is 1. The van der Waals surface area contributed by atoms with Crippen LogP contribution >= 0.6 is 0 Å². The smallest absolute Gasteiger partial charge is 0.254 e. The van der Waals surface area contributed by atoms with Gasteiger partial charge < -0.3 is 21.7 Å². The number of carbonyl (C=O) groups excluding carboxylic acids is 1. The maximum absolute atomic E-state index is 11.6. The number of hydrogen-bond donors (Lipinski definition) is 3. The van der Waals surface area contributed by atoms with Crippen molar-refractivity contribution in [2.45, 2.75) is 18.9 Å². The molecule has 2 aromatic rings. The van der Waals surface area contributed by atoms with E-state index < -0.39 is 5.91 Å². The Morgan fingerprint density at radius 1 is 1.16 bits per heavy atom. The first-order valence-corrected chi connectivity index (χ1v) is 8.11. The van der Waals surface area contributed by atoms with Crippen LogP contribution in [0.15, 0.2) is 42.9 Å². The fourth-order valence-corrected chi connectivity index (χ4v) is 2.61. The van der Waals surface area contributed by atoms with Crippen LogP contribution in [-0.2, 0) is 0 Å². The van der Waals surface area contributed by atoms with E-state index in [9.17, 15) is 4.79 Å². The van der Waals surface area contributed by atoms with Gasteiger partial charge in [-0.2, -0.15) is 4.98 Å². The van der Waals surface area contributed by atoms with E-state index in [2.05, 4.69) is 20.2 Å². The first-order chi connectivity index (χ1) is 12.1. The van der Waals surface area contributed by atoms with E-state index in [4.69, 9.17) is 11.5 Å². The zero-order chi connectivity index (χ0) is 17.4. The third-order valence-corrected chi connectivity index (χ3v) is 4.17. The van der Waals surface area contributed by atoms with E-state index in [1.54, 1.807) is 0 Å². The van der Waals surface area contributed by atoms with Crippen molar-refractivity contribution < 1.29 is 4.79 Å². The van der Waals surface area contributed by atoms with E-state index in [0.717, 1.165) is 24.2 Å². The average molecular weight is 337 g/mol. The molecule has 1 aliphatic carbocycles. The summed E-state index contributed by atoms with van der Waals surface area (Å²) in [6.07, 6.45) is 7.48. The van der Waals surface area contributed by atoms with Crippen LogP contribution in [-0.4, -0.2) is 28.6 Å². The van der Waals surface area contributed by atoms with E-state index in [1.807, 2.05) is 41.6 Å². The molecule has 2 heterocycles. The number of anilines is 4. The molecule has 25 heavy (non-hydrogen) atoms. The maximum Gasteiger partial charge on any atom is 0.254 e. The summed E-state index contributed by atoms with van der Waals surface area (Å²) < 4.78 is 0. The number of benzene rings is 1. The molecule has 0 unspecified atom stereocenters. The Kier molecular flexibility index (Phi) is 3.64. The summed E-state index contributed by atoms with van der Waals surface area (Å²) in [6.45, 7) is 0.572. The van der Waals surface area contributed by atoms with Crippen molar-refractivity contribution in [3.05, 3.63) is 48.4 Å². The quantitative estimate of drug-likeness (QED) is 0.708. The van der Waals surface area contributed by atoms with Gasteiger partial charge in [0.15, 0.2) is 0 Å². The average Bonchev–Trinajstić information content (AvgIpc) is 3.28. The van der Waals surface area contributed by atoms with Crippen LogP contribution in [0.1, 0.15) is 23.2 Å². The summed E-state index contributed by atoms with van der Waals surface area (Å²) in [4.78, 5) is 24.3. The van der Waals surface area contributed by atoms with E-state index in [-0.39, 0.29) is 0 Å². The van der Waals surface area contributed by atoms with Crippen LogP contribution in [0.3, 0.4) is 0 Å². The second kappa shape index (κ2) is 5.97. The highest BCUT2D eigenvalue weighted by Crippen LogP contribution is 2.28. The number of amides is 1. The van der Waals surface area contributed by atoms with E-state index >= 15 is 0 Å². The molecule has 8 heteroatoms. The standard InChI is InChI=1S/C17H19N7O/c18-11-1-5-13(6-2-11)23-7-8-24(10-23)17-20-9-14(15(19)25)16(22-17)21-12-3-4-12/h1-2,5-9,12H,3-4,10,18H2,(H2,19,25)(H,20,21,22). The summed E-state index contributed by atoms with van der Waals surface area (Å²) >= 11 is 0. The summed E-state index contributed by atoms with van der Waals surface area (Å²) in [5, 5.41) is 3.25. The highest BCUT2D eigenvalue weighted by molar-refractivity contribution is 5.97.